The number of rotatable bonds is 5. The van der Waals surface area contributed by atoms with Gasteiger partial charge in [-0.3, -0.25) is 0 Å². The third kappa shape index (κ3) is 13.3. The van der Waals surface area contributed by atoms with Gasteiger partial charge in [0.05, 0.1) is 0 Å². The molecule has 4 heteroatoms. The zero-order chi connectivity index (χ0) is 12.3. The molecule has 0 rings (SSSR count). The summed E-state index contributed by atoms with van der Waals surface area (Å²) in [5, 5.41) is 0. The Morgan fingerprint density at radius 1 is 1.07 bits per heavy atom. The van der Waals surface area contributed by atoms with Crippen LogP contribution in [0.15, 0.2) is 12.2 Å². The van der Waals surface area contributed by atoms with E-state index >= 15 is 0 Å². The van der Waals surface area contributed by atoms with Crippen molar-refractivity contribution in [2.45, 2.75) is 52.4 Å². The Balaban J connectivity index is 0. The van der Waals surface area contributed by atoms with Crippen molar-refractivity contribution >= 4 is 27.0 Å². The molecule has 0 nitrogen and oxygen atoms in total. The molecule has 0 aliphatic rings. The van der Waals surface area contributed by atoms with Crippen LogP contribution in [0.1, 0.15) is 41.0 Å². The molecular weight excluding hydrogens is 340 g/mol. The van der Waals surface area contributed by atoms with Crippen LogP contribution in [0.5, 0.6) is 0 Å². The van der Waals surface area contributed by atoms with Crippen LogP contribution in [-0.2, 0) is 15.9 Å². The topological polar surface area (TPSA) is 0 Å². The number of allylic oxidation sites excluding steroid dienone is 2. The van der Waals surface area contributed by atoms with E-state index in [0.717, 1.165) is 11.3 Å². The summed E-state index contributed by atoms with van der Waals surface area (Å²) < 4.78 is 0. The van der Waals surface area contributed by atoms with Gasteiger partial charge in [0.25, 0.3) is 0 Å². The van der Waals surface area contributed by atoms with Gasteiger partial charge in [0.2, 0.25) is 0 Å². The van der Waals surface area contributed by atoms with Gasteiger partial charge in [-0.1, -0.05) is 54.7 Å². The van der Waals surface area contributed by atoms with Crippen molar-refractivity contribution < 1.29 is 15.9 Å². The molecule has 0 aromatic carbocycles. The molecule has 0 aromatic heterocycles. The fourth-order valence-corrected chi connectivity index (χ4v) is 3.81. The van der Waals surface area contributed by atoms with Gasteiger partial charge in [0, 0.05) is 0 Å². The monoisotopic (exact) mass is 362 g/mol. The Bertz CT molecular complexity index is 142. The van der Waals surface area contributed by atoms with Gasteiger partial charge in [-0.05, 0) is 23.9 Å². The maximum absolute atomic E-state index is 4.81. The molecule has 0 N–H and O–H groups in total. The average Bonchev–Trinajstić information content (AvgIpc) is 2.12. The molecule has 0 saturated carbocycles. The molecule has 0 unspecified atom stereocenters. The van der Waals surface area contributed by atoms with E-state index in [4.69, 9.17) is 19.1 Å². The molecule has 96 valence electrons. The van der Waals surface area contributed by atoms with E-state index < -0.39 is 0 Å². The van der Waals surface area contributed by atoms with E-state index in [1.165, 1.54) is 12.6 Å². The molecule has 0 atom stereocenters. The summed E-state index contributed by atoms with van der Waals surface area (Å²) in [6, 6.07) is 0. The van der Waals surface area contributed by atoms with E-state index in [0.29, 0.717) is 0 Å². The molecule has 0 saturated heterocycles. The van der Waals surface area contributed by atoms with Crippen molar-refractivity contribution in [1.29, 1.82) is 0 Å². The minimum absolute atomic E-state index is 0.106. The van der Waals surface area contributed by atoms with Crippen LogP contribution >= 0.6 is 27.0 Å². The first-order chi connectivity index (χ1) is 7.01. The van der Waals surface area contributed by atoms with Crippen molar-refractivity contribution in [3.05, 3.63) is 12.2 Å². The van der Waals surface area contributed by atoms with E-state index in [9.17, 15) is 0 Å². The Morgan fingerprint density at radius 3 is 1.73 bits per heavy atom. The first-order valence-electron chi connectivity index (χ1n) is 5.24. The normalized spacial score (nSPS) is 11.6. The van der Waals surface area contributed by atoms with Crippen molar-refractivity contribution in [3.63, 3.8) is 0 Å². The fourth-order valence-electron chi connectivity index (χ4n) is 1.38. The van der Waals surface area contributed by atoms with Gasteiger partial charge >= 0.3 is 35.0 Å². The van der Waals surface area contributed by atoms with Crippen LogP contribution in [0.3, 0.4) is 0 Å². The van der Waals surface area contributed by atoms with Crippen molar-refractivity contribution in [2.24, 2.45) is 0 Å². The van der Waals surface area contributed by atoms with Crippen LogP contribution in [0.4, 0.5) is 0 Å². The standard InChI is InChI=1S/C11H23P.2ClH.Pd/c1-6-7-8-9-12(10(2)3)11(4)5;;;/h7-8,10-11H,6,9H2,1-5H3;2*1H;/q;;;+2/p-2. The summed E-state index contributed by atoms with van der Waals surface area (Å²) in [6.45, 7) is 11.6. The molecule has 0 radical (unpaired) electrons. The maximum atomic E-state index is 4.81. The second-order valence-electron chi connectivity index (χ2n) is 3.81. The Morgan fingerprint density at radius 2 is 1.47 bits per heavy atom. The predicted octanol–water partition coefficient (Wildman–Crippen LogP) is 5.63. The molecule has 0 heterocycles. The van der Waals surface area contributed by atoms with E-state index in [1.54, 1.807) is 0 Å². The van der Waals surface area contributed by atoms with Crippen molar-refractivity contribution in [2.75, 3.05) is 6.16 Å². The van der Waals surface area contributed by atoms with Gasteiger partial charge < -0.3 is 0 Å². The van der Waals surface area contributed by atoms with Gasteiger partial charge in [0.15, 0.2) is 0 Å². The number of hydrogen-bond donors (Lipinski definition) is 0. The Hall–Kier alpha value is 1.41. The molecule has 0 spiro atoms. The predicted molar refractivity (Wildman–Crippen MR) is 73.2 cm³/mol. The van der Waals surface area contributed by atoms with Crippen LogP contribution in [0.25, 0.3) is 0 Å². The van der Waals surface area contributed by atoms with Gasteiger partial charge in [-0.2, -0.15) is 0 Å². The third-order valence-corrected chi connectivity index (χ3v) is 5.33. The minimum atomic E-state index is -0.106. The van der Waals surface area contributed by atoms with Gasteiger partial charge in [-0.15, -0.1) is 0 Å². The molecule has 15 heavy (non-hydrogen) atoms. The second kappa shape index (κ2) is 13.5. The quantitative estimate of drug-likeness (QED) is 0.337. The SMILES string of the molecule is CCC=CCP(C(C)C)C(C)C.[Cl][Pd][Cl]. The van der Waals surface area contributed by atoms with E-state index in [2.05, 4.69) is 46.8 Å². The fraction of sp³-hybridized carbons (Fsp3) is 0.818. The summed E-state index contributed by atoms with van der Waals surface area (Å²) in [7, 11) is 9.85. The first-order valence-corrected chi connectivity index (χ1v) is 10.9. The van der Waals surface area contributed by atoms with Crippen LogP contribution in [0.2, 0.25) is 0 Å². The van der Waals surface area contributed by atoms with E-state index in [1.807, 2.05) is 0 Å². The number of hydrogen-bond acceptors (Lipinski definition) is 0. The van der Waals surface area contributed by atoms with E-state index in [-0.39, 0.29) is 23.9 Å². The van der Waals surface area contributed by atoms with Crippen molar-refractivity contribution in [3.8, 4) is 0 Å². The Kier molecular flexibility index (Phi) is 16.9. The number of halogens is 2. The molecular formula is C11H23Cl2PPd. The average molecular weight is 364 g/mol. The van der Waals surface area contributed by atoms with Gasteiger partial charge in [-0.25, -0.2) is 0 Å². The van der Waals surface area contributed by atoms with Crippen LogP contribution in [-0.4, -0.2) is 17.5 Å². The summed E-state index contributed by atoms with van der Waals surface area (Å²) in [5.74, 6) is 0. The first kappa shape index (κ1) is 18.8. The third-order valence-electron chi connectivity index (χ3n) is 2.05. The van der Waals surface area contributed by atoms with Crippen LogP contribution in [0, 0.1) is 0 Å². The summed E-state index contributed by atoms with van der Waals surface area (Å²) in [4.78, 5) is 0. The molecule has 0 aliphatic heterocycles. The molecule has 0 bridgehead atoms. The molecule has 0 aliphatic carbocycles. The zero-order valence-corrected chi connectivity index (χ0v) is 14.2. The Labute approximate surface area is 113 Å². The summed E-state index contributed by atoms with van der Waals surface area (Å²) in [6.07, 6.45) is 7.16. The summed E-state index contributed by atoms with van der Waals surface area (Å²) >= 11 is -0.106. The van der Waals surface area contributed by atoms with Crippen molar-refractivity contribution in [1.82, 2.24) is 0 Å². The molecule has 0 amide bonds. The second-order valence-corrected chi connectivity index (χ2v) is 9.63. The zero-order valence-electron chi connectivity index (χ0n) is 10.2. The summed E-state index contributed by atoms with van der Waals surface area (Å²) in [5.41, 5.74) is 1.75. The van der Waals surface area contributed by atoms with Gasteiger partial charge in [0.1, 0.15) is 0 Å². The molecule has 0 fully saturated rings. The molecule has 0 aromatic rings. The van der Waals surface area contributed by atoms with Crippen LogP contribution < -0.4 is 0 Å².